The Bertz CT molecular complexity index is 1210. The molecule has 3 rings (SSSR count). The average molecular weight is 463 g/mol. The first-order valence-electron chi connectivity index (χ1n) is 9.70. The first-order valence-corrected chi connectivity index (χ1v) is 11.1. The molecule has 9 nitrogen and oxygen atoms in total. The minimum Gasteiger partial charge on any atom is -0.481 e. The Morgan fingerprint density at radius 1 is 1.25 bits per heavy atom. The summed E-state index contributed by atoms with van der Waals surface area (Å²) in [4.78, 5) is 15.6. The normalized spacial score (nSPS) is 11.5. The Balaban J connectivity index is 1.64. The maximum atomic E-state index is 13.6. The molecule has 0 radical (unpaired) electrons. The van der Waals surface area contributed by atoms with Crippen molar-refractivity contribution in [2.45, 2.75) is 31.8 Å². The third-order valence-electron chi connectivity index (χ3n) is 4.48. The van der Waals surface area contributed by atoms with Gasteiger partial charge in [0, 0.05) is 26.9 Å². The van der Waals surface area contributed by atoms with Gasteiger partial charge in [-0.05, 0) is 36.8 Å². The highest BCUT2D eigenvalue weighted by atomic mass is 32.2. The van der Waals surface area contributed by atoms with Crippen molar-refractivity contribution >= 4 is 21.6 Å². The molecule has 0 saturated carbocycles. The number of benzene rings is 2. The number of aryl methyl sites for hydroxylation is 1. The lowest BCUT2D eigenvalue weighted by Gasteiger charge is -2.19. The summed E-state index contributed by atoms with van der Waals surface area (Å²) in [6.45, 7) is 3.03. The van der Waals surface area contributed by atoms with E-state index in [2.05, 4.69) is 15.5 Å². The standard InChI is InChI=1S/C21H23FN4O5S/c1-14-8-9-17(23-15(2)27)19(12-14)32(28,29)26(3)11-10-20-24-21(31-25-20)13-30-18-7-5-4-6-16(18)22/h4-9,12H,10-11,13H2,1-3H3,(H,23,27). The first-order chi connectivity index (χ1) is 15.2. The van der Waals surface area contributed by atoms with Crippen LogP contribution >= 0.6 is 0 Å². The number of nitrogens with zero attached hydrogens (tertiary/aromatic N) is 3. The number of likely N-dealkylation sites (N-methyl/N-ethyl adjacent to an activating group) is 1. The fourth-order valence-corrected chi connectivity index (χ4v) is 4.23. The maximum Gasteiger partial charge on any atom is 0.264 e. The van der Waals surface area contributed by atoms with Gasteiger partial charge in [0.05, 0.1) is 5.69 Å². The SMILES string of the molecule is CC(=O)Nc1ccc(C)cc1S(=O)(=O)N(C)CCc1noc(COc2ccccc2F)n1. The van der Waals surface area contributed by atoms with E-state index in [1.807, 2.05) is 0 Å². The van der Waals surface area contributed by atoms with Gasteiger partial charge in [-0.2, -0.15) is 4.98 Å². The van der Waals surface area contributed by atoms with Crippen LogP contribution < -0.4 is 10.1 Å². The fourth-order valence-electron chi connectivity index (χ4n) is 2.83. The van der Waals surface area contributed by atoms with Crippen LogP contribution in [0.15, 0.2) is 51.9 Å². The Labute approximate surface area is 185 Å². The number of halogens is 1. The van der Waals surface area contributed by atoms with Crippen LogP contribution in [0.25, 0.3) is 0 Å². The number of hydrogen-bond acceptors (Lipinski definition) is 7. The zero-order valence-electron chi connectivity index (χ0n) is 17.8. The van der Waals surface area contributed by atoms with Crippen molar-refractivity contribution in [1.29, 1.82) is 0 Å². The molecule has 0 unspecified atom stereocenters. The number of carbonyl (C=O) groups excluding carboxylic acids is 1. The van der Waals surface area contributed by atoms with Gasteiger partial charge in [-0.3, -0.25) is 4.79 Å². The van der Waals surface area contributed by atoms with Crippen molar-refractivity contribution in [2.75, 3.05) is 18.9 Å². The van der Waals surface area contributed by atoms with Crippen molar-refractivity contribution < 1.29 is 26.9 Å². The smallest absolute Gasteiger partial charge is 0.264 e. The quantitative estimate of drug-likeness (QED) is 0.520. The van der Waals surface area contributed by atoms with Gasteiger partial charge >= 0.3 is 0 Å². The summed E-state index contributed by atoms with van der Waals surface area (Å²) < 4.78 is 51.3. The molecule has 0 bridgehead atoms. The highest BCUT2D eigenvalue weighted by Gasteiger charge is 2.25. The second-order valence-electron chi connectivity index (χ2n) is 7.08. The zero-order chi connectivity index (χ0) is 23.3. The van der Waals surface area contributed by atoms with E-state index in [1.165, 1.54) is 32.2 Å². The summed E-state index contributed by atoms with van der Waals surface area (Å²) >= 11 is 0. The Morgan fingerprint density at radius 2 is 2.00 bits per heavy atom. The molecule has 1 aromatic heterocycles. The summed E-state index contributed by atoms with van der Waals surface area (Å²) in [5, 5.41) is 6.36. The minimum atomic E-state index is -3.89. The van der Waals surface area contributed by atoms with Crippen molar-refractivity contribution in [3.8, 4) is 5.75 Å². The van der Waals surface area contributed by atoms with Crippen molar-refractivity contribution in [3.05, 3.63) is 65.6 Å². The average Bonchev–Trinajstić information content (AvgIpc) is 3.20. The molecule has 0 spiro atoms. The number of sulfonamides is 1. The Kier molecular flexibility index (Phi) is 7.21. The van der Waals surface area contributed by atoms with Gasteiger partial charge < -0.3 is 14.6 Å². The number of amides is 1. The molecule has 1 heterocycles. The van der Waals surface area contributed by atoms with Crippen LogP contribution in [0.1, 0.15) is 24.2 Å². The molecule has 170 valence electrons. The molecule has 1 N–H and O–H groups in total. The highest BCUT2D eigenvalue weighted by molar-refractivity contribution is 7.89. The zero-order valence-corrected chi connectivity index (χ0v) is 18.6. The largest absolute Gasteiger partial charge is 0.481 e. The predicted octanol–water partition coefficient (Wildman–Crippen LogP) is 2.92. The summed E-state index contributed by atoms with van der Waals surface area (Å²) in [5.74, 6) is -0.393. The molecule has 0 saturated heterocycles. The fraction of sp³-hybridized carbons (Fsp3) is 0.286. The highest BCUT2D eigenvalue weighted by Crippen LogP contribution is 2.25. The van der Waals surface area contributed by atoms with E-state index >= 15 is 0 Å². The molecule has 3 aromatic rings. The third kappa shape index (κ3) is 5.68. The minimum absolute atomic E-state index is 0.00212. The molecule has 0 aliphatic rings. The van der Waals surface area contributed by atoms with E-state index in [9.17, 15) is 17.6 Å². The maximum absolute atomic E-state index is 13.6. The van der Waals surface area contributed by atoms with Gasteiger partial charge in [-0.25, -0.2) is 17.1 Å². The van der Waals surface area contributed by atoms with E-state index in [0.717, 1.165) is 9.87 Å². The predicted molar refractivity (Wildman–Crippen MR) is 114 cm³/mol. The summed E-state index contributed by atoms with van der Waals surface area (Å²) in [5.41, 5.74) is 0.950. The molecule has 0 fully saturated rings. The number of anilines is 1. The Morgan fingerprint density at radius 3 is 2.72 bits per heavy atom. The second-order valence-corrected chi connectivity index (χ2v) is 9.09. The van der Waals surface area contributed by atoms with Gasteiger partial charge in [0.2, 0.25) is 15.9 Å². The molecule has 1 amide bonds. The lowest BCUT2D eigenvalue weighted by Crippen LogP contribution is -2.30. The summed E-state index contributed by atoms with van der Waals surface area (Å²) in [7, 11) is -2.46. The second kappa shape index (κ2) is 9.88. The lowest BCUT2D eigenvalue weighted by atomic mass is 10.2. The lowest BCUT2D eigenvalue weighted by molar-refractivity contribution is -0.114. The van der Waals surface area contributed by atoms with E-state index in [-0.39, 0.29) is 53.5 Å². The molecule has 0 aliphatic carbocycles. The summed E-state index contributed by atoms with van der Waals surface area (Å²) in [6.07, 6.45) is 0.181. The molecule has 0 aliphatic heterocycles. The van der Waals surface area contributed by atoms with E-state index in [1.54, 1.807) is 31.2 Å². The Hall–Kier alpha value is -3.31. The first kappa shape index (κ1) is 23.4. The van der Waals surface area contributed by atoms with Crippen LogP contribution in [-0.4, -0.2) is 42.4 Å². The molecule has 32 heavy (non-hydrogen) atoms. The number of nitrogens with one attached hydrogen (secondary N) is 1. The van der Waals surface area contributed by atoms with Crippen LogP contribution in [-0.2, 0) is 27.8 Å². The number of rotatable bonds is 9. The van der Waals surface area contributed by atoms with Crippen molar-refractivity contribution in [1.82, 2.24) is 14.4 Å². The van der Waals surface area contributed by atoms with Gasteiger partial charge in [-0.1, -0.05) is 23.4 Å². The van der Waals surface area contributed by atoms with Crippen molar-refractivity contribution in [3.63, 3.8) is 0 Å². The molecule has 0 atom stereocenters. The molecular formula is C21H23FN4O5S. The van der Waals surface area contributed by atoms with Gasteiger partial charge in [0.25, 0.3) is 5.89 Å². The third-order valence-corrected chi connectivity index (χ3v) is 6.38. The number of para-hydroxylation sites is 1. The van der Waals surface area contributed by atoms with Gasteiger partial charge in [-0.15, -0.1) is 0 Å². The van der Waals surface area contributed by atoms with Crippen LogP contribution in [0.4, 0.5) is 10.1 Å². The van der Waals surface area contributed by atoms with E-state index in [0.29, 0.717) is 0 Å². The molecule has 11 heteroatoms. The molecular weight excluding hydrogens is 439 g/mol. The summed E-state index contributed by atoms with van der Waals surface area (Å²) in [6, 6.07) is 10.7. The van der Waals surface area contributed by atoms with Crippen molar-refractivity contribution in [2.24, 2.45) is 0 Å². The van der Waals surface area contributed by atoms with E-state index in [4.69, 9.17) is 9.26 Å². The number of carbonyl (C=O) groups is 1. The van der Waals surface area contributed by atoms with Crippen LogP contribution in [0.2, 0.25) is 0 Å². The van der Waals surface area contributed by atoms with Gasteiger partial charge in [0.15, 0.2) is 24.0 Å². The van der Waals surface area contributed by atoms with E-state index < -0.39 is 15.8 Å². The van der Waals surface area contributed by atoms with Crippen LogP contribution in [0.5, 0.6) is 5.75 Å². The van der Waals surface area contributed by atoms with Crippen LogP contribution in [0.3, 0.4) is 0 Å². The monoisotopic (exact) mass is 462 g/mol. The van der Waals surface area contributed by atoms with Crippen LogP contribution in [0, 0.1) is 12.7 Å². The topological polar surface area (TPSA) is 115 Å². The molecule has 2 aromatic carbocycles. The number of hydrogen-bond donors (Lipinski definition) is 1. The number of ether oxygens (including phenoxy) is 1. The number of aromatic nitrogens is 2. The van der Waals surface area contributed by atoms with Gasteiger partial charge in [0.1, 0.15) is 4.90 Å².